The Morgan fingerprint density at radius 1 is 1.41 bits per heavy atom. The van der Waals surface area contributed by atoms with E-state index in [1.165, 1.54) is 11.3 Å². The molecule has 1 N–H and O–H groups in total. The Bertz CT molecular complexity index is 815. The molecule has 3 rings (SSSR count). The summed E-state index contributed by atoms with van der Waals surface area (Å²) in [6.07, 6.45) is 0. The van der Waals surface area contributed by atoms with E-state index in [-0.39, 0.29) is 12.5 Å². The summed E-state index contributed by atoms with van der Waals surface area (Å²) >= 11 is 7.29. The van der Waals surface area contributed by atoms with Crippen molar-refractivity contribution in [2.45, 2.75) is 13.5 Å². The lowest BCUT2D eigenvalue weighted by Gasteiger charge is -2.02. The first-order valence-electron chi connectivity index (χ1n) is 6.40. The smallest absolute Gasteiger partial charge is 0.259 e. The molecule has 0 aliphatic rings. The van der Waals surface area contributed by atoms with Gasteiger partial charge in [0.1, 0.15) is 4.88 Å². The molecule has 1 amide bonds. The number of aromatic nitrogens is 3. The van der Waals surface area contributed by atoms with Crippen molar-refractivity contribution < 1.29 is 9.21 Å². The number of carbonyl (C=O) groups excluding carboxylic acids is 1. The molecule has 0 aliphatic carbocycles. The lowest BCUT2D eigenvalue weighted by molar-refractivity contribution is 0.0947. The van der Waals surface area contributed by atoms with Gasteiger partial charge in [0.25, 0.3) is 11.8 Å². The molecule has 0 bridgehead atoms. The first-order valence-corrected chi connectivity index (χ1v) is 7.66. The fourth-order valence-electron chi connectivity index (χ4n) is 1.81. The number of benzene rings is 1. The molecule has 0 aliphatic heterocycles. The molecule has 112 valence electrons. The lowest BCUT2D eigenvalue weighted by atomic mass is 10.2. The highest BCUT2D eigenvalue weighted by molar-refractivity contribution is 7.13. The molecule has 22 heavy (non-hydrogen) atoms. The molecule has 0 unspecified atom stereocenters. The van der Waals surface area contributed by atoms with Crippen LogP contribution < -0.4 is 5.32 Å². The molecule has 0 atom stereocenters. The van der Waals surface area contributed by atoms with Crippen LogP contribution in [0.1, 0.15) is 21.9 Å². The van der Waals surface area contributed by atoms with Crippen LogP contribution in [0.2, 0.25) is 5.02 Å². The van der Waals surface area contributed by atoms with Crippen LogP contribution in [0.25, 0.3) is 10.8 Å². The summed E-state index contributed by atoms with van der Waals surface area (Å²) in [4.78, 5) is 17.0. The molecule has 8 heteroatoms. The van der Waals surface area contributed by atoms with Crippen molar-refractivity contribution in [2.24, 2.45) is 0 Å². The van der Waals surface area contributed by atoms with Crippen LogP contribution in [0.5, 0.6) is 0 Å². The second kappa shape index (κ2) is 6.25. The summed E-state index contributed by atoms with van der Waals surface area (Å²) in [5.74, 6) is 0.487. The number of hydrogen-bond acceptors (Lipinski definition) is 6. The van der Waals surface area contributed by atoms with E-state index in [1.54, 1.807) is 29.8 Å². The van der Waals surface area contributed by atoms with E-state index in [0.29, 0.717) is 22.4 Å². The van der Waals surface area contributed by atoms with Crippen LogP contribution >= 0.6 is 22.9 Å². The maximum absolute atomic E-state index is 12.0. The van der Waals surface area contributed by atoms with E-state index in [9.17, 15) is 4.79 Å². The van der Waals surface area contributed by atoms with Crippen molar-refractivity contribution in [1.82, 2.24) is 20.5 Å². The number of aryl methyl sites for hydroxylation is 1. The average molecular weight is 335 g/mol. The maximum atomic E-state index is 12.0. The Morgan fingerprint density at radius 3 is 3.00 bits per heavy atom. The molecular formula is C14H11ClN4O2S. The zero-order valence-electron chi connectivity index (χ0n) is 11.5. The Balaban J connectivity index is 1.66. The van der Waals surface area contributed by atoms with Gasteiger partial charge in [0.2, 0.25) is 5.89 Å². The molecule has 0 fully saturated rings. The van der Waals surface area contributed by atoms with Crippen molar-refractivity contribution >= 4 is 28.8 Å². The summed E-state index contributed by atoms with van der Waals surface area (Å²) in [6.45, 7) is 2.02. The third-order valence-corrected chi connectivity index (χ3v) is 4.05. The summed E-state index contributed by atoms with van der Waals surface area (Å²) < 4.78 is 5.53. The molecule has 6 nitrogen and oxygen atoms in total. The second-order valence-electron chi connectivity index (χ2n) is 4.46. The molecule has 0 radical (unpaired) electrons. The predicted molar refractivity (Wildman–Crippen MR) is 82.8 cm³/mol. The summed E-state index contributed by atoms with van der Waals surface area (Å²) in [7, 11) is 0. The number of nitrogens with zero attached hydrogens (tertiary/aromatic N) is 3. The highest BCUT2D eigenvalue weighted by Gasteiger charge is 2.14. The van der Waals surface area contributed by atoms with Crippen LogP contribution in [0.3, 0.4) is 0 Å². The summed E-state index contributed by atoms with van der Waals surface area (Å²) in [5.41, 5.74) is 3.03. The Morgan fingerprint density at radius 2 is 2.27 bits per heavy atom. The van der Waals surface area contributed by atoms with E-state index in [4.69, 9.17) is 16.0 Å². The first kappa shape index (κ1) is 14.7. The van der Waals surface area contributed by atoms with Crippen LogP contribution in [0.4, 0.5) is 0 Å². The predicted octanol–water partition coefficient (Wildman–Crippen LogP) is 3.08. The number of rotatable bonds is 4. The Hall–Kier alpha value is -2.25. The van der Waals surface area contributed by atoms with Crippen molar-refractivity contribution in [3.05, 3.63) is 51.9 Å². The molecule has 0 spiro atoms. The Labute approximate surface area is 135 Å². The van der Waals surface area contributed by atoms with Crippen molar-refractivity contribution in [3.63, 3.8) is 0 Å². The monoisotopic (exact) mass is 334 g/mol. The van der Waals surface area contributed by atoms with Gasteiger partial charge in [-0.3, -0.25) is 4.79 Å². The SMILES string of the molecule is Cc1ncsc1-c1nnc(CNC(=O)c2cccc(Cl)c2)o1. The molecule has 0 saturated heterocycles. The Kier molecular flexibility index (Phi) is 4.17. The quantitative estimate of drug-likeness (QED) is 0.793. The van der Waals surface area contributed by atoms with Gasteiger partial charge in [-0.05, 0) is 25.1 Å². The number of nitrogens with one attached hydrogen (secondary N) is 1. The summed E-state index contributed by atoms with van der Waals surface area (Å²) in [5, 5.41) is 11.1. The van der Waals surface area contributed by atoms with Gasteiger partial charge in [0.15, 0.2) is 0 Å². The molecule has 3 aromatic rings. The number of halogens is 1. The van der Waals surface area contributed by atoms with Gasteiger partial charge in [0, 0.05) is 10.6 Å². The zero-order valence-corrected chi connectivity index (χ0v) is 13.1. The minimum atomic E-state index is -0.253. The highest BCUT2D eigenvalue weighted by Crippen LogP contribution is 2.25. The van der Waals surface area contributed by atoms with Gasteiger partial charge in [-0.25, -0.2) is 4.98 Å². The minimum absolute atomic E-state index is 0.149. The number of thiazole rings is 1. The van der Waals surface area contributed by atoms with Crippen LogP contribution in [-0.4, -0.2) is 21.1 Å². The highest BCUT2D eigenvalue weighted by atomic mass is 35.5. The molecule has 2 heterocycles. The third-order valence-electron chi connectivity index (χ3n) is 2.89. The average Bonchev–Trinajstić information content (AvgIpc) is 3.13. The van der Waals surface area contributed by atoms with E-state index >= 15 is 0 Å². The second-order valence-corrected chi connectivity index (χ2v) is 5.75. The van der Waals surface area contributed by atoms with E-state index in [1.807, 2.05) is 6.92 Å². The van der Waals surface area contributed by atoms with Crippen LogP contribution in [0, 0.1) is 6.92 Å². The standard InChI is InChI=1S/C14H11ClN4O2S/c1-8-12(22-7-17-8)14-19-18-11(21-14)6-16-13(20)9-3-2-4-10(15)5-9/h2-5,7H,6H2,1H3,(H,16,20). The van der Waals surface area contributed by atoms with Gasteiger partial charge in [0.05, 0.1) is 17.7 Å². The third kappa shape index (κ3) is 3.15. The topological polar surface area (TPSA) is 80.9 Å². The largest absolute Gasteiger partial charge is 0.418 e. The fraction of sp³-hybridized carbons (Fsp3) is 0.143. The molecule has 0 saturated carbocycles. The lowest BCUT2D eigenvalue weighted by Crippen LogP contribution is -2.22. The normalized spacial score (nSPS) is 10.6. The molecule has 2 aromatic heterocycles. The van der Waals surface area contributed by atoms with Gasteiger partial charge >= 0.3 is 0 Å². The van der Waals surface area contributed by atoms with Gasteiger partial charge in [-0.1, -0.05) is 17.7 Å². The van der Waals surface area contributed by atoms with Crippen LogP contribution in [-0.2, 0) is 6.54 Å². The first-order chi connectivity index (χ1) is 10.6. The van der Waals surface area contributed by atoms with E-state index in [2.05, 4.69) is 20.5 Å². The van der Waals surface area contributed by atoms with Crippen molar-refractivity contribution in [2.75, 3.05) is 0 Å². The van der Waals surface area contributed by atoms with Crippen LogP contribution in [0.15, 0.2) is 34.2 Å². The minimum Gasteiger partial charge on any atom is -0.418 e. The maximum Gasteiger partial charge on any atom is 0.259 e. The number of carbonyl (C=O) groups is 1. The number of amides is 1. The molecular weight excluding hydrogens is 324 g/mol. The number of hydrogen-bond donors (Lipinski definition) is 1. The fourth-order valence-corrected chi connectivity index (χ4v) is 2.72. The van der Waals surface area contributed by atoms with Crippen molar-refractivity contribution in [1.29, 1.82) is 0 Å². The van der Waals surface area contributed by atoms with E-state index < -0.39 is 0 Å². The molecule has 1 aromatic carbocycles. The van der Waals surface area contributed by atoms with Gasteiger partial charge in [-0.2, -0.15) is 0 Å². The van der Waals surface area contributed by atoms with Gasteiger partial charge < -0.3 is 9.73 Å². The van der Waals surface area contributed by atoms with Crippen molar-refractivity contribution in [3.8, 4) is 10.8 Å². The summed E-state index contributed by atoms with van der Waals surface area (Å²) in [6, 6.07) is 6.70. The zero-order chi connectivity index (χ0) is 15.5. The van der Waals surface area contributed by atoms with E-state index in [0.717, 1.165) is 10.6 Å². The van der Waals surface area contributed by atoms with Gasteiger partial charge in [-0.15, -0.1) is 21.5 Å².